The van der Waals surface area contributed by atoms with Crippen LogP contribution in [0.3, 0.4) is 0 Å². The van der Waals surface area contributed by atoms with Gasteiger partial charge in [0.15, 0.2) is 5.78 Å². The molecule has 0 bridgehead atoms. The second-order valence-corrected chi connectivity index (χ2v) is 11.4. The van der Waals surface area contributed by atoms with Crippen molar-refractivity contribution in [3.8, 4) is 5.75 Å². The molecule has 1 aromatic heterocycles. The van der Waals surface area contributed by atoms with Gasteiger partial charge < -0.3 is 25.3 Å². The number of aromatic nitrogens is 1. The zero-order valence-electron chi connectivity index (χ0n) is 21.9. The normalized spacial score (nSPS) is 26.8. The van der Waals surface area contributed by atoms with Crippen molar-refractivity contribution >= 4 is 34.4 Å². The molecule has 0 spiro atoms. The third kappa shape index (κ3) is 4.38. The molecule has 0 radical (unpaired) electrons. The van der Waals surface area contributed by atoms with Crippen LogP contribution in [0.2, 0.25) is 0 Å². The molecular weight excluding hydrogens is 472 g/mol. The summed E-state index contributed by atoms with van der Waals surface area (Å²) < 4.78 is 5.45. The number of likely N-dealkylation sites (tertiary alicyclic amines) is 1. The maximum absolute atomic E-state index is 13.8. The fraction of sp³-hybridized carbons (Fsp3) is 0.571. The van der Waals surface area contributed by atoms with Gasteiger partial charge in [0.2, 0.25) is 11.8 Å². The van der Waals surface area contributed by atoms with Crippen LogP contribution in [0.5, 0.6) is 5.75 Å². The van der Waals surface area contributed by atoms with E-state index in [1.165, 1.54) is 0 Å². The fourth-order valence-corrected chi connectivity index (χ4v) is 6.64. The number of rotatable bonds is 8. The molecule has 1 saturated carbocycles. The topological polar surface area (TPSA) is 121 Å². The lowest BCUT2D eigenvalue weighted by Gasteiger charge is -2.48. The molecule has 3 aliphatic rings. The number of ether oxygens (including phenoxy) is 1. The van der Waals surface area contributed by atoms with Gasteiger partial charge in [-0.15, -0.1) is 0 Å². The number of amides is 3. The van der Waals surface area contributed by atoms with E-state index in [1.54, 1.807) is 25.0 Å². The van der Waals surface area contributed by atoms with Gasteiger partial charge in [0.05, 0.1) is 13.2 Å². The summed E-state index contributed by atoms with van der Waals surface area (Å²) in [6, 6.07) is 5.95. The first kappa shape index (κ1) is 25.3. The van der Waals surface area contributed by atoms with Crippen LogP contribution in [0, 0.1) is 23.2 Å². The highest BCUT2D eigenvalue weighted by Crippen LogP contribution is 2.57. The number of methoxy groups -OCH3 is 1. The molecule has 198 valence electrons. The van der Waals surface area contributed by atoms with E-state index < -0.39 is 12.1 Å². The molecule has 5 atom stereocenters. The molecule has 2 saturated heterocycles. The maximum atomic E-state index is 13.8. The zero-order valence-corrected chi connectivity index (χ0v) is 21.9. The number of H-pyrrole nitrogens is 1. The van der Waals surface area contributed by atoms with Crippen molar-refractivity contribution in [1.82, 2.24) is 20.5 Å². The van der Waals surface area contributed by atoms with Gasteiger partial charge >= 0.3 is 0 Å². The highest BCUT2D eigenvalue weighted by atomic mass is 16.5. The summed E-state index contributed by atoms with van der Waals surface area (Å²) in [4.78, 5) is 57.4. The Bertz CT molecular complexity index is 1250. The minimum Gasteiger partial charge on any atom is -0.496 e. The number of aromatic amines is 1. The lowest BCUT2D eigenvalue weighted by atomic mass is 9.55. The van der Waals surface area contributed by atoms with Crippen LogP contribution in [0.1, 0.15) is 56.9 Å². The fourth-order valence-electron chi connectivity index (χ4n) is 6.64. The second-order valence-electron chi connectivity index (χ2n) is 11.4. The van der Waals surface area contributed by atoms with Crippen LogP contribution in [-0.4, -0.2) is 65.7 Å². The highest BCUT2D eigenvalue weighted by molar-refractivity contribution is 6.02. The van der Waals surface area contributed by atoms with Gasteiger partial charge in [-0.2, -0.15) is 0 Å². The first-order valence-corrected chi connectivity index (χ1v) is 13.2. The minimum absolute atomic E-state index is 0.0302. The number of fused-ring (bicyclic) bond motifs is 2. The van der Waals surface area contributed by atoms with Crippen molar-refractivity contribution in [3.63, 3.8) is 0 Å². The Morgan fingerprint density at radius 3 is 2.70 bits per heavy atom. The zero-order chi connectivity index (χ0) is 26.5. The first-order chi connectivity index (χ1) is 17.6. The minimum atomic E-state index is -0.743. The van der Waals surface area contributed by atoms with Gasteiger partial charge in [-0.1, -0.05) is 26.8 Å². The Labute approximate surface area is 216 Å². The van der Waals surface area contributed by atoms with Crippen LogP contribution >= 0.6 is 0 Å². The predicted octanol–water partition coefficient (Wildman–Crippen LogP) is 2.65. The van der Waals surface area contributed by atoms with E-state index in [0.29, 0.717) is 31.0 Å². The Balaban J connectivity index is 1.41. The molecule has 1 aliphatic carbocycles. The quantitative estimate of drug-likeness (QED) is 0.506. The number of hydrogen-bond acceptors (Lipinski definition) is 5. The van der Waals surface area contributed by atoms with Crippen LogP contribution < -0.4 is 15.4 Å². The summed E-state index contributed by atoms with van der Waals surface area (Å²) in [5, 5.41) is 6.57. The summed E-state index contributed by atoms with van der Waals surface area (Å²) in [6.45, 7) is 7.18. The lowest BCUT2D eigenvalue weighted by Crippen LogP contribution is -2.55. The van der Waals surface area contributed by atoms with E-state index in [2.05, 4.69) is 29.5 Å². The van der Waals surface area contributed by atoms with Gasteiger partial charge in [0.25, 0.3) is 5.91 Å². The average molecular weight is 509 g/mol. The molecule has 3 N–H and O–H groups in total. The number of nitrogens with zero attached hydrogens (tertiary/aromatic N) is 1. The standard InChI is InChI=1S/C28H36N4O5/c1-5-22(33)20(11-15-9-10-29-25(15)34)31-26(35)24-17-13-28(2,3)18(17)14-32(24)27(36)21-12-16-19(30-21)7-6-8-23(16)37-4/h6-8,12,15,17-18,20,24,30H,5,9-11,13-14H2,1-4H3,(H,29,34)(H,31,35)/t15-,17-,18-,20-,24-/m0/s1. The van der Waals surface area contributed by atoms with E-state index in [4.69, 9.17) is 4.74 Å². The summed E-state index contributed by atoms with van der Waals surface area (Å²) in [6.07, 6.45) is 2.03. The summed E-state index contributed by atoms with van der Waals surface area (Å²) in [5.41, 5.74) is 1.22. The van der Waals surface area contributed by atoms with Crippen LogP contribution in [0.4, 0.5) is 0 Å². The summed E-state index contributed by atoms with van der Waals surface area (Å²) in [7, 11) is 1.59. The number of nitrogens with one attached hydrogen (secondary N) is 3. The smallest absolute Gasteiger partial charge is 0.271 e. The molecule has 1 aromatic carbocycles. The van der Waals surface area contributed by atoms with Gasteiger partial charge in [-0.25, -0.2) is 0 Å². The van der Waals surface area contributed by atoms with Crippen molar-refractivity contribution in [1.29, 1.82) is 0 Å². The largest absolute Gasteiger partial charge is 0.496 e. The first-order valence-electron chi connectivity index (χ1n) is 13.2. The van der Waals surface area contributed by atoms with Gasteiger partial charge in [0, 0.05) is 36.3 Å². The van der Waals surface area contributed by atoms with Crippen molar-refractivity contribution < 1.29 is 23.9 Å². The molecule has 37 heavy (non-hydrogen) atoms. The van der Waals surface area contributed by atoms with Crippen molar-refractivity contribution in [2.75, 3.05) is 20.2 Å². The number of benzene rings is 1. The van der Waals surface area contributed by atoms with E-state index in [9.17, 15) is 19.2 Å². The molecule has 5 rings (SSSR count). The molecule has 3 fully saturated rings. The highest BCUT2D eigenvalue weighted by Gasteiger charge is 2.60. The Morgan fingerprint density at radius 2 is 2.05 bits per heavy atom. The number of ketones is 1. The van der Waals surface area contributed by atoms with Gasteiger partial charge in [-0.3, -0.25) is 19.2 Å². The number of hydrogen-bond donors (Lipinski definition) is 3. The average Bonchev–Trinajstić information content (AvgIpc) is 3.58. The van der Waals surface area contributed by atoms with Crippen LogP contribution in [0.25, 0.3) is 10.9 Å². The Kier molecular flexibility index (Phi) is 6.50. The van der Waals surface area contributed by atoms with E-state index in [1.807, 2.05) is 18.2 Å². The van der Waals surface area contributed by atoms with E-state index in [0.717, 1.165) is 17.3 Å². The summed E-state index contributed by atoms with van der Waals surface area (Å²) in [5.74, 6) is -0.113. The van der Waals surface area contributed by atoms with E-state index in [-0.39, 0.29) is 59.5 Å². The molecule has 9 nitrogen and oxygen atoms in total. The van der Waals surface area contributed by atoms with E-state index >= 15 is 0 Å². The number of Topliss-reactive ketones (excluding diaryl/α,β-unsaturated/α-hetero) is 1. The summed E-state index contributed by atoms with van der Waals surface area (Å²) >= 11 is 0. The monoisotopic (exact) mass is 508 g/mol. The molecule has 3 heterocycles. The predicted molar refractivity (Wildman–Crippen MR) is 138 cm³/mol. The number of carbonyl (C=O) groups is 4. The molecule has 2 aromatic rings. The van der Waals surface area contributed by atoms with Crippen LogP contribution in [0.15, 0.2) is 24.3 Å². The van der Waals surface area contributed by atoms with Crippen molar-refractivity contribution in [3.05, 3.63) is 30.0 Å². The molecular formula is C28H36N4O5. The van der Waals surface area contributed by atoms with Crippen molar-refractivity contribution in [2.45, 2.75) is 58.5 Å². The van der Waals surface area contributed by atoms with Gasteiger partial charge in [-0.05, 0) is 54.7 Å². The van der Waals surface area contributed by atoms with Crippen LogP contribution in [-0.2, 0) is 14.4 Å². The second kappa shape index (κ2) is 9.50. The molecule has 0 unspecified atom stereocenters. The third-order valence-electron chi connectivity index (χ3n) is 8.76. The SMILES string of the molecule is CCC(=O)[C@H](C[C@@H]1CCNC1=O)NC(=O)[C@@H]1[C@H]2CC(C)(C)[C@H]2CN1C(=O)c1cc2c(OC)cccc2[nH]1. The molecule has 2 aliphatic heterocycles. The molecule has 9 heteroatoms. The third-order valence-corrected chi connectivity index (χ3v) is 8.76. The Morgan fingerprint density at radius 1 is 1.27 bits per heavy atom. The van der Waals surface area contributed by atoms with Gasteiger partial charge in [0.1, 0.15) is 17.5 Å². The number of carbonyl (C=O) groups excluding carboxylic acids is 4. The molecule has 3 amide bonds. The van der Waals surface area contributed by atoms with Crippen molar-refractivity contribution in [2.24, 2.45) is 23.2 Å². The Hall–Kier alpha value is -3.36. The maximum Gasteiger partial charge on any atom is 0.271 e. The lowest BCUT2D eigenvalue weighted by molar-refractivity contribution is -0.133.